The van der Waals surface area contributed by atoms with E-state index < -0.39 is 10.0 Å². The molecule has 0 aromatic carbocycles. The van der Waals surface area contributed by atoms with Gasteiger partial charge < -0.3 is 10.3 Å². The van der Waals surface area contributed by atoms with E-state index in [-0.39, 0.29) is 5.41 Å². The molecule has 0 aliphatic heterocycles. The second kappa shape index (κ2) is 5.42. The third-order valence-electron chi connectivity index (χ3n) is 2.95. The van der Waals surface area contributed by atoms with Crippen LogP contribution in [0, 0.1) is 5.41 Å². The second-order valence-electron chi connectivity index (χ2n) is 5.31. The van der Waals surface area contributed by atoms with Crippen molar-refractivity contribution in [1.82, 2.24) is 8.87 Å². The summed E-state index contributed by atoms with van der Waals surface area (Å²) in [4.78, 5) is 0.333. The minimum atomic E-state index is -3.42. The fraction of sp³-hybridized carbons (Fsp3) is 0.667. The lowest BCUT2D eigenvalue weighted by Gasteiger charge is -2.30. The predicted octanol–water partition coefficient (Wildman–Crippen LogP) is 1.02. The number of sulfonamides is 1. The SMILES string of the molecule is CCN(CC(C)(C)CN)S(=O)(=O)c1ccn(C)c1. The van der Waals surface area contributed by atoms with Gasteiger partial charge in [0.25, 0.3) is 0 Å². The van der Waals surface area contributed by atoms with E-state index in [0.29, 0.717) is 24.5 Å². The van der Waals surface area contributed by atoms with Crippen LogP contribution >= 0.6 is 0 Å². The average Bonchev–Trinajstić information content (AvgIpc) is 2.73. The van der Waals surface area contributed by atoms with Crippen molar-refractivity contribution < 1.29 is 8.42 Å². The van der Waals surface area contributed by atoms with Crippen LogP contribution in [0.3, 0.4) is 0 Å². The van der Waals surface area contributed by atoms with Crippen molar-refractivity contribution in [3.8, 4) is 0 Å². The third-order valence-corrected chi connectivity index (χ3v) is 4.86. The molecule has 0 spiro atoms. The van der Waals surface area contributed by atoms with Crippen molar-refractivity contribution in [1.29, 1.82) is 0 Å². The predicted molar refractivity (Wildman–Crippen MR) is 72.7 cm³/mol. The molecule has 1 aromatic heterocycles. The summed E-state index contributed by atoms with van der Waals surface area (Å²) in [6.45, 7) is 7.10. The Hall–Kier alpha value is -0.850. The number of hydrogen-bond acceptors (Lipinski definition) is 3. The number of nitrogens with zero attached hydrogens (tertiary/aromatic N) is 2. The first-order valence-electron chi connectivity index (χ1n) is 6.05. The molecule has 0 saturated carbocycles. The highest BCUT2D eigenvalue weighted by Crippen LogP contribution is 2.21. The van der Waals surface area contributed by atoms with Crippen molar-refractivity contribution in [3.63, 3.8) is 0 Å². The maximum absolute atomic E-state index is 12.4. The Kier molecular flexibility index (Phi) is 4.58. The van der Waals surface area contributed by atoms with Gasteiger partial charge in [-0.2, -0.15) is 4.31 Å². The number of rotatable bonds is 6. The molecule has 0 saturated heterocycles. The first-order valence-corrected chi connectivity index (χ1v) is 7.49. The second-order valence-corrected chi connectivity index (χ2v) is 7.25. The van der Waals surface area contributed by atoms with Crippen molar-refractivity contribution in [3.05, 3.63) is 18.5 Å². The van der Waals surface area contributed by atoms with Crippen LogP contribution in [-0.4, -0.2) is 36.9 Å². The van der Waals surface area contributed by atoms with Gasteiger partial charge >= 0.3 is 0 Å². The molecular formula is C12H23N3O2S. The van der Waals surface area contributed by atoms with Gasteiger partial charge in [-0.25, -0.2) is 8.42 Å². The van der Waals surface area contributed by atoms with Gasteiger partial charge in [-0.05, 0) is 18.0 Å². The van der Waals surface area contributed by atoms with Gasteiger partial charge in [0.2, 0.25) is 10.0 Å². The summed E-state index contributed by atoms with van der Waals surface area (Å²) < 4.78 is 28.1. The van der Waals surface area contributed by atoms with Gasteiger partial charge in [0, 0.05) is 32.5 Å². The molecule has 1 aromatic rings. The molecule has 0 atom stereocenters. The summed E-state index contributed by atoms with van der Waals surface area (Å²) in [7, 11) is -1.61. The summed E-state index contributed by atoms with van der Waals surface area (Å²) in [6.07, 6.45) is 3.35. The van der Waals surface area contributed by atoms with Crippen LogP contribution in [0.5, 0.6) is 0 Å². The molecular weight excluding hydrogens is 250 g/mol. The van der Waals surface area contributed by atoms with Crippen molar-refractivity contribution in [2.75, 3.05) is 19.6 Å². The summed E-state index contributed by atoms with van der Waals surface area (Å²) in [5.41, 5.74) is 5.45. The molecule has 104 valence electrons. The highest BCUT2D eigenvalue weighted by Gasteiger charge is 2.29. The normalized spacial score (nSPS) is 13.2. The quantitative estimate of drug-likeness (QED) is 0.841. The molecule has 0 unspecified atom stereocenters. The highest BCUT2D eigenvalue weighted by molar-refractivity contribution is 7.89. The van der Waals surface area contributed by atoms with E-state index in [1.54, 1.807) is 30.1 Å². The Morgan fingerprint density at radius 2 is 2.06 bits per heavy atom. The van der Waals surface area contributed by atoms with Crippen LogP contribution in [-0.2, 0) is 17.1 Å². The topological polar surface area (TPSA) is 68.3 Å². The monoisotopic (exact) mass is 273 g/mol. The van der Waals surface area contributed by atoms with Gasteiger partial charge in [0.1, 0.15) is 0 Å². The van der Waals surface area contributed by atoms with Gasteiger partial charge in [-0.15, -0.1) is 0 Å². The summed E-state index contributed by atoms with van der Waals surface area (Å²) in [6, 6.07) is 1.62. The largest absolute Gasteiger partial charge is 0.356 e. The number of nitrogens with two attached hydrogens (primary N) is 1. The standard InChI is InChI=1S/C12H23N3O2S/c1-5-15(10-12(2,3)9-13)18(16,17)11-6-7-14(4)8-11/h6-8H,5,9-10,13H2,1-4H3. The Balaban J connectivity index is 3.01. The maximum Gasteiger partial charge on any atom is 0.244 e. The van der Waals surface area contributed by atoms with Gasteiger partial charge in [0.15, 0.2) is 0 Å². The van der Waals surface area contributed by atoms with Crippen molar-refractivity contribution in [2.24, 2.45) is 18.2 Å². The van der Waals surface area contributed by atoms with Crippen LogP contribution < -0.4 is 5.73 Å². The van der Waals surface area contributed by atoms with Crippen LogP contribution in [0.15, 0.2) is 23.4 Å². The first-order chi connectivity index (χ1) is 8.23. The lowest BCUT2D eigenvalue weighted by atomic mass is 9.94. The zero-order chi connectivity index (χ0) is 14.0. The maximum atomic E-state index is 12.4. The van der Waals surface area contributed by atoms with Gasteiger partial charge in [-0.1, -0.05) is 20.8 Å². The lowest BCUT2D eigenvalue weighted by Crippen LogP contribution is -2.41. The minimum Gasteiger partial charge on any atom is -0.356 e. The fourth-order valence-electron chi connectivity index (χ4n) is 1.69. The Labute approximate surface area is 110 Å². The van der Waals surface area contributed by atoms with E-state index in [0.717, 1.165) is 0 Å². The summed E-state index contributed by atoms with van der Waals surface area (Å²) >= 11 is 0. The van der Waals surface area contributed by atoms with Crippen molar-refractivity contribution >= 4 is 10.0 Å². The average molecular weight is 273 g/mol. The van der Waals surface area contributed by atoms with E-state index in [2.05, 4.69) is 0 Å². The first kappa shape index (κ1) is 15.2. The van der Waals surface area contributed by atoms with Crippen molar-refractivity contribution in [2.45, 2.75) is 25.7 Å². The molecule has 0 radical (unpaired) electrons. The fourth-order valence-corrected chi connectivity index (χ4v) is 3.38. The number of aromatic nitrogens is 1. The summed E-state index contributed by atoms with van der Waals surface area (Å²) in [5, 5.41) is 0. The molecule has 18 heavy (non-hydrogen) atoms. The zero-order valence-electron chi connectivity index (χ0n) is 11.5. The zero-order valence-corrected chi connectivity index (χ0v) is 12.4. The van der Waals surface area contributed by atoms with E-state index in [1.807, 2.05) is 20.8 Å². The molecule has 0 bridgehead atoms. The van der Waals surface area contributed by atoms with Gasteiger partial charge in [-0.3, -0.25) is 0 Å². The smallest absolute Gasteiger partial charge is 0.244 e. The third kappa shape index (κ3) is 3.34. The molecule has 1 rings (SSSR count). The van der Waals surface area contributed by atoms with Crippen LogP contribution in [0.4, 0.5) is 0 Å². The highest BCUT2D eigenvalue weighted by atomic mass is 32.2. The number of hydrogen-bond donors (Lipinski definition) is 1. The van der Waals surface area contributed by atoms with E-state index >= 15 is 0 Å². The van der Waals surface area contributed by atoms with Gasteiger partial charge in [0.05, 0.1) is 4.90 Å². The van der Waals surface area contributed by atoms with E-state index in [4.69, 9.17) is 5.73 Å². The molecule has 0 fully saturated rings. The van der Waals surface area contributed by atoms with Crippen LogP contribution in [0.1, 0.15) is 20.8 Å². The Bertz CT molecular complexity index is 491. The van der Waals surface area contributed by atoms with E-state index in [1.165, 1.54) is 4.31 Å². The van der Waals surface area contributed by atoms with E-state index in [9.17, 15) is 8.42 Å². The molecule has 2 N–H and O–H groups in total. The summed E-state index contributed by atoms with van der Waals surface area (Å²) in [5.74, 6) is 0. The molecule has 5 nitrogen and oxygen atoms in total. The van der Waals surface area contributed by atoms with Crippen LogP contribution in [0.2, 0.25) is 0 Å². The van der Waals surface area contributed by atoms with Crippen LogP contribution in [0.25, 0.3) is 0 Å². The Morgan fingerprint density at radius 3 is 2.44 bits per heavy atom. The number of aryl methyl sites for hydroxylation is 1. The molecule has 0 aliphatic rings. The molecule has 0 amide bonds. The molecule has 1 heterocycles. The molecule has 0 aliphatic carbocycles. The Morgan fingerprint density at radius 1 is 1.44 bits per heavy atom. The minimum absolute atomic E-state index is 0.224. The lowest BCUT2D eigenvalue weighted by molar-refractivity contribution is 0.273. The molecule has 6 heteroatoms.